The van der Waals surface area contributed by atoms with Gasteiger partial charge in [0.25, 0.3) is 5.91 Å². The molecule has 0 saturated heterocycles. The molecule has 0 radical (unpaired) electrons. The molecule has 0 spiro atoms. The molecule has 2 aromatic rings. The van der Waals surface area contributed by atoms with Gasteiger partial charge in [0, 0.05) is 22.3 Å². The van der Waals surface area contributed by atoms with E-state index in [2.05, 4.69) is 5.32 Å². The maximum atomic E-state index is 13.4. The fourth-order valence-electron chi connectivity index (χ4n) is 4.14. The first-order valence-corrected chi connectivity index (χ1v) is 10.9. The number of anilines is 1. The minimum atomic E-state index is -0.763. The van der Waals surface area contributed by atoms with E-state index in [4.69, 9.17) is 27.9 Å². The van der Waals surface area contributed by atoms with E-state index in [0.717, 1.165) is 22.3 Å². The lowest BCUT2D eigenvalue weighted by molar-refractivity contribution is -0.120. The second-order valence-electron chi connectivity index (χ2n) is 8.80. The van der Waals surface area contributed by atoms with Crippen LogP contribution in [0, 0.1) is 0 Å². The van der Waals surface area contributed by atoms with Gasteiger partial charge in [0.05, 0.1) is 0 Å². The number of carbonyl (C=O) groups excluding carboxylic acids is 2. The van der Waals surface area contributed by atoms with Gasteiger partial charge < -0.3 is 10.1 Å². The van der Waals surface area contributed by atoms with E-state index >= 15 is 0 Å². The smallest absolute Gasteiger partial charge is 0.411 e. The number of benzene rings is 2. The van der Waals surface area contributed by atoms with Crippen molar-refractivity contribution >= 4 is 46.5 Å². The largest absolute Gasteiger partial charge is 0.444 e. The van der Waals surface area contributed by atoms with Crippen molar-refractivity contribution in [1.29, 1.82) is 0 Å². The molecule has 162 valence electrons. The Morgan fingerprint density at radius 1 is 1.06 bits per heavy atom. The molecule has 1 N–H and O–H groups in total. The molecule has 1 aliphatic carbocycles. The fourth-order valence-corrected chi connectivity index (χ4v) is 4.43. The highest BCUT2D eigenvalue weighted by Gasteiger charge is 2.42. The summed E-state index contributed by atoms with van der Waals surface area (Å²) in [6.07, 6.45) is 0.747. The van der Waals surface area contributed by atoms with Crippen molar-refractivity contribution in [2.24, 2.45) is 0 Å². The number of nitrogens with zero attached hydrogens (tertiary/aromatic N) is 1. The van der Waals surface area contributed by atoms with Crippen molar-refractivity contribution < 1.29 is 14.3 Å². The third-order valence-corrected chi connectivity index (χ3v) is 5.89. The van der Waals surface area contributed by atoms with Gasteiger partial charge in [-0.05, 0) is 92.3 Å². The number of halogens is 2. The van der Waals surface area contributed by atoms with Crippen molar-refractivity contribution in [3.63, 3.8) is 0 Å². The van der Waals surface area contributed by atoms with E-state index in [1.54, 1.807) is 24.3 Å². The number of hydrogen-bond donors (Lipinski definition) is 1. The zero-order chi connectivity index (χ0) is 22.3. The van der Waals surface area contributed by atoms with E-state index in [1.165, 1.54) is 4.90 Å². The zero-order valence-electron chi connectivity index (χ0n) is 17.7. The summed E-state index contributed by atoms with van der Waals surface area (Å²) in [6, 6.07) is 11.9. The summed E-state index contributed by atoms with van der Waals surface area (Å²) < 4.78 is 5.61. The van der Waals surface area contributed by atoms with Crippen LogP contribution in [0.4, 0.5) is 10.5 Å². The van der Waals surface area contributed by atoms with Crippen LogP contribution in [0.15, 0.2) is 48.0 Å². The Morgan fingerprint density at radius 3 is 2.42 bits per heavy atom. The maximum Gasteiger partial charge on any atom is 0.411 e. The first kappa shape index (κ1) is 21.7. The molecule has 0 saturated carbocycles. The molecule has 0 bridgehead atoms. The van der Waals surface area contributed by atoms with Crippen LogP contribution < -0.4 is 5.32 Å². The lowest BCUT2D eigenvalue weighted by Crippen LogP contribution is -2.52. The predicted molar refractivity (Wildman–Crippen MR) is 124 cm³/mol. The molecule has 5 nitrogen and oxygen atoms in total. The van der Waals surface area contributed by atoms with Crippen LogP contribution in [0.2, 0.25) is 10.0 Å². The summed E-state index contributed by atoms with van der Waals surface area (Å²) in [5, 5.41) is 4.17. The molecular weight excluding hydrogens is 435 g/mol. The Morgan fingerprint density at radius 2 is 1.74 bits per heavy atom. The molecule has 2 aliphatic rings. The highest BCUT2D eigenvalue weighted by atomic mass is 35.5. The van der Waals surface area contributed by atoms with Crippen molar-refractivity contribution in [3.8, 4) is 0 Å². The van der Waals surface area contributed by atoms with Crippen LogP contribution in [0.1, 0.15) is 38.3 Å². The van der Waals surface area contributed by atoms with Crippen LogP contribution >= 0.6 is 23.2 Å². The number of carbonyl (C=O) groups is 2. The summed E-state index contributed by atoms with van der Waals surface area (Å²) in [5.41, 5.74) is 4.15. The average molecular weight is 459 g/mol. The second kappa shape index (κ2) is 8.21. The summed E-state index contributed by atoms with van der Waals surface area (Å²) in [5.74, 6) is -0.278. The normalized spacial score (nSPS) is 17.8. The molecule has 2 aromatic carbocycles. The predicted octanol–water partition coefficient (Wildman–Crippen LogP) is 5.95. The first-order chi connectivity index (χ1) is 14.6. The highest BCUT2D eigenvalue weighted by molar-refractivity contribution is 6.31. The number of nitrogens with one attached hydrogen (secondary N) is 1. The number of hydrogen-bond acceptors (Lipinski definition) is 3. The lowest BCUT2D eigenvalue weighted by Gasteiger charge is -2.37. The third kappa shape index (κ3) is 4.58. The van der Waals surface area contributed by atoms with Crippen LogP contribution in [0.5, 0.6) is 0 Å². The fraction of sp³-hybridized carbons (Fsp3) is 0.333. The summed E-state index contributed by atoms with van der Waals surface area (Å²) >= 11 is 12.2. The molecule has 31 heavy (non-hydrogen) atoms. The topological polar surface area (TPSA) is 58.6 Å². The number of ether oxygens (including phenoxy) is 1. The monoisotopic (exact) mass is 458 g/mol. The number of rotatable bonds is 2. The molecule has 7 heteroatoms. The van der Waals surface area contributed by atoms with Gasteiger partial charge in [-0.3, -0.25) is 9.69 Å². The molecule has 1 atom stereocenters. The van der Waals surface area contributed by atoms with Gasteiger partial charge in [0.2, 0.25) is 0 Å². The number of fused-ring (bicyclic) bond motifs is 2. The average Bonchev–Trinajstić information content (AvgIpc) is 3.05. The van der Waals surface area contributed by atoms with Gasteiger partial charge in [-0.25, -0.2) is 4.79 Å². The van der Waals surface area contributed by atoms with Crippen LogP contribution in [-0.2, 0) is 16.0 Å². The molecule has 1 unspecified atom stereocenters. The van der Waals surface area contributed by atoms with E-state index in [1.807, 2.05) is 39.0 Å². The Balaban J connectivity index is 1.69. The number of amides is 2. The van der Waals surface area contributed by atoms with Crippen molar-refractivity contribution in [2.45, 2.75) is 45.3 Å². The van der Waals surface area contributed by atoms with Gasteiger partial charge in [-0.15, -0.1) is 0 Å². The van der Waals surface area contributed by atoms with Crippen LogP contribution in [0.3, 0.4) is 0 Å². The standard InChI is InChI=1S/C24H24Cl2N2O3/c1-24(2,3)31-23(30)28-11-10-18-19-13-16(26)5-4-14(19)12-20(18)21(28)22(29)27-17-8-6-15(25)7-9-17/h4-9,13,21H,10-12H2,1-3H3,(H,27,29). The molecule has 1 aliphatic heterocycles. The minimum Gasteiger partial charge on any atom is -0.444 e. The van der Waals surface area contributed by atoms with Gasteiger partial charge in [-0.2, -0.15) is 0 Å². The van der Waals surface area contributed by atoms with E-state index in [-0.39, 0.29) is 5.91 Å². The zero-order valence-corrected chi connectivity index (χ0v) is 19.2. The SMILES string of the molecule is CC(C)(C)OC(=O)N1CCC2=C(Cc3ccc(Cl)cc32)C1C(=O)Nc1ccc(Cl)cc1. The van der Waals surface area contributed by atoms with Crippen LogP contribution in [0.25, 0.3) is 5.57 Å². The molecule has 0 aromatic heterocycles. The first-order valence-electron chi connectivity index (χ1n) is 10.2. The summed E-state index contributed by atoms with van der Waals surface area (Å²) in [6.45, 7) is 5.83. The quantitative estimate of drug-likeness (QED) is 0.604. The van der Waals surface area contributed by atoms with E-state index in [9.17, 15) is 9.59 Å². The van der Waals surface area contributed by atoms with E-state index in [0.29, 0.717) is 35.1 Å². The maximum absolute atomic E-state index is 13.4. The Hall–Kier alpha value is -2.50. The third-order valence-electron chi connectivity index (χ3n) is 5.40. The van der Waals surface area contributed by atoms with Gasteiger partial charge in [0.15, 0.2) is 0 Å². The molecule has 1 heterocycles. The minimum absolute atomic E-state index is 0.278. The Bertz CT molecular complexity index is 1070. The Labute approximate surface area is 192 Å². The molecule has 0 fully saturated rings. The van der Waals surface area contributed by atoms with Crippen molar-refractivity contribution in [2.75, 3.05) is 11.9 Å². The lowest BCUT2D eigenvalue weighted by atomic mass is 9.92. The summed E-state index contributed by atoms with van der Waals surface area (Å²) in [4.78, 5) is 28.0. The van der Waals surface area contributed by atoms with Crippen molar-refractivity contribution in [1.82, 2.24) is 4.90 Å². The summed E-state index contributed by atoms with van der Waals surface area (Å²) in [7, 11) is 0. The molecule has 2 amide bonds. The van der Waals surface area contributed by atoms with Gasteiger partial charge >= 0.3 is 6.09 Å². The second-order valence-corrected chi connectivity index (χ2v) is 9.68. The molecular formula is C24H24Cl2N2O3. The van der Waals surface area contributed by atoms with Crippen molar-refractivity contribution in [3.05, 3.63) is 69.2 Å². The molecule has 4 rings (SSSR count). The van der Waals surface area contributed by atoms with Gasteiger partial charge in [-0.1, -0.05) is 29.3 Å². The van der Waals surface area contributed by atoms with Gasteiger partial charge in [0.1, 0.15) is 11.6 Å². The highest BCUT2D eigenvalue weighted by Crippen LogP contribution is 2.42. The Kier molecular flexibility index (Phi) is 5.75. The van der Waals surface area contributed by atoms with Crippen LogP contribution in [-0.4, -0.2) is 35.1 Å². The van der Waals surface area contributed by atoms with E-state index < -0.39 is 17.7 Å².